The van der Waals surface area contributed by atoms with Crippen molar-refractivity contribution in [2.75, 3.05) is 18.5 Å². The van der Waals surface area contributed by atoms with Gasteiger partial charge in [-0.3, -0.25) is 0 Å². The quantitative estimate of drug-likeness (QED) is 0.808. The third kappa shape index (κ3) is 2.06. The monoisotopic (exact) mass is 209 g/mol. The van der Waals surface area contributed by atoms with Gasteiger partial charge >= 0.3 is 0 Å². The molecule has 15 heavy (non-hydrogen) atoms. The van der Waals surface area contributed by atoms with Crippen LogP contribution in [-0.2, 0) is 6.42 Å². The highest BCUT2D eigenvalue weighted by Crippen LogP contribution is 2.30. The molecule has 2 nitrogen and oxygen atoms in total. The number of anilines is 1. The minimum absolute atomic E-state index is 0.280. The summed E-state index contributed by atoms with van der Waals surface area (Å²) in [5.74, 6) is 0.683. The highest BCUT2D eigenvalue weighted by atomic mass is 19.1. The average molecular weight is 209 g/mol. The lowest BCUT2D eigenvalue weighted by Gasteiger charge is -2.24. The lowest BCUT2D eigenvalue weighted by molar-refractivity contribution is 0.321. The fourth-order valence-corrected chi connectivity index (χ4v) is 1.93. The number of rotatable bonds is 2. The lowest BCUT2D eigenvalue weighted by atomic mass is 9.95. The van der Waals surface area contributed by atoms with Gasteiger partial charge in [0.05, 0.1) is 6.61 Å². The number of hydrogen-bond acceptors (Lipinski definition) is 2. The molecule has 0 fully saturated rings. The van der Waals surface area contributed by atoms with Crippen LogP contribution < -0.4 is 10.1 Å². The van der Waals surface area contributed by atoms with Gasteiger partial charge in [0.25, 0.3) is 0 Å². The molecule has 1 unspecified atom stereocenters. The maximum atomic E-state index is 13.5. The molecule has 82 valence electrons. The molecular weight excluding hydrogens is 193 g/mol. The number of halogens is 1. The van der Waals surface area contributed by atoms with Crippen LogP contribution >= 0.6 is 0 Å². The van der Waals surface area contributed by atoms with Crippen LogP contribution in [0.5, 0.6) is 5.75 Å². The van der Waals surface area contributed by atoms with E-state index in [2.05, 4.69) is 12.2 Å². The zero-order valence-electron chi connectivity index (χ0n) is 9.14. The fraction of sp³-hybridized carbons (Fsp3) is 0.500. The Kier molecular flexibility index (Phi) is 2.80. The van der Waals surface area contributed by atoms with Crippen molar-refractivity contribution in [3.63, 3.8) is 0 Å². The van der Waals surface area contributed by atoms with Gasteiger partial charge in [0, 0.05) is 18.3 Å². The van der Waals surface area contributed by atoms with E-state index in [1.807, 2.05) is 13.0 Å². The van der Waals surface area contributed by atoms with Crippen molar-refractivity contribution >= 4 is 5.69 Å². The van der Waals surface area contributed by atoms with Gasteiger partial charge in [-0.25, -0.2) is 4.39 Å². The molecule has 0 saturated heterocycles. The Hall–Kier alpha value is -1.25. The molecule has 1 N–H and O–H groups in total. The van der Waals surface area contributed by atoms with E-state index in [1.165, 1.54) is 6.07 Å². The Balaban J connectivity index is 2.34. The van der Waals surface area contributed by atoms with Crippen LogP contribution in [0.25, 0.3) is 0 Å². The standard InChI is InChI=1S/C12H16FNO/c1-3-15-12-5-9-4-8(2)7-14-11(9)6-10(12)13/h5-6,8,14H,3-4,7H2,1-2H3. The zero-order valence-corrected chi connectivity index (χ0v) is 9.14. The van der Waals surface area contributed by atoms with E-state index < -0.39 is 0 Å². The second kappa shape index (κ2) is 4.09. The fourth-order valence-electron chi connectivity index (χ4n) is 1.93. The van der Waals surface area contributed by atoms with Gasteiger partial charge < -0.3 is 10.1 Å². The summed E-state index contributed by atoms with van der Waals surface area (Å²) in [6.07, 6.45) is 0.989. The summed E-state index contributed by atoms with van der Waals surface area (Å²) in [5.41, 5.74) is 2.06. The van der Waals surface area contributed by atoms with Gasteiger partial charge in [-0.15, -0.1) is 0 Å². The van der Waals surface area contributed by atoms with Crippen molar-refractivity contribution in [3.8, 4) is 5.75 Å². The summed E-state index contributed by atoms with van der Waals surface area (Å²) in [7, 11) is 0. The Morgan fingerprint density at radius 3 is 3.07 bits per heavy atom. The summed E-state index contributed by atoms with van der Waals surface area (Å²) in [5, 5.41) is 3.23. The van der Waals surface area contributed by atoms with Crippen LogP contribution in [0, 0.1) is 11.7 Å². The lowest BCUT2D eigenvalue weighted by Crippen LogP contribution is -2.20. The van der Waals surface area contributed by atoms with E-state index in [1.54, 1.807) is 0 Å². The Morgan fingerprint density at radius 2 is 2.33 bits per heavy atom. The molecule has 0 radical (unpaired) electrons. The number of fused-ring (bicyclic) bond motifs is 1. The second-order valence-electron chi connectivity index (χ2n) is 4.06. The molecule has 0 amide bonds. The first-order valence-corrected chi connectivity index (χ1v) is 5.39. The van der Waals surface area contributed by atoms with E-state index >= 15 is 0 Å². The highest BCUT2D eigenvalue weighted by Gasteiger charge is 2.17. The molecule has 1 aromatic carbocycles. The van der Waals surface area contributed by atoms with E-state index in [4.69, 9.17) is 4.74 Å². The van der Waals surface area contributed by atoms with Gasteiger partial charge in [0.1, 0.15) is 0 Å². The average Bonchev–Trinajstić information content (AvgIpc) is 2.20. The van der Waals surface area contributed by atoms with Crippen molar-refractivity contribution in [2.24, 2.45) is 5.92 Å². The molecule has 0 aliphatic carbocycles. The maximum Gasteiger partial charge on any atom is 0.167 e. The molecule has 0 bridgehead atoms. The molecule has 0 spiro atoms. The summed E-state index contributed by atoms with van der Waals surface area (Å²) >= 11 is 0. The first-order valence-electron chi connectivity index (χ1n) is 5.39. The number of nitrogens with one attached hydrogen (secondary N) is 1. The van der Waals surface area contributed by atoms with Crippen LogP contribution in [0.1, 0.15) is 19.4 Å². The van der Waals surface area contributed by atoms with Crippen LogP contribution in [0.2, 0.25) is 0 Å². The summed E-state index contributed by atoms with van der Waals surface area (Å²) in [4.78, 5) is 0. The van der Waals surface area contributed by atoms with Crippen molar-refractivity contribution < 1.29 is 9.13 Å². The third-order valence-corrected chi connectivity index (χ3v) is 2.67. The highest BCUT2D eigenvalue weighted by molar-refractivity contribution is 5.56. The minimum atomic E-state index is -0.280. The third-order valence-electron chi connectivity index (χ3n) is 2.67. The second-order valence-corrected chi connectivity index (χ2v) is 4.06. The molecule has 1 aliphatic rings. The number of ether oxygens (including phenoxy) is 1. The summed E-state index contributed by atoms with van der Waals surface area (Å²) in [6.45, 7) is 5.46. The molecule has 0 saturated carbocycles. The van der Waals surface area contributed by atoms with Crippen LogP contribution in [0.3, 0.4) is 0 Å². The van der Waals surface area contributed by atoms with Crippen LogP contribution in [0.15, 0.2) is 12.1 Å². The van der Waals surface area contributed by atoms with Gasteiger partial charge in [0.2, 0.25) is 0 Å². The van der Waals surface area contributed by atoms with Crippen molar-refractivity contribution in [3.05, 3.63) is 23.5 Å². The van der Waals surface area contributed by atoms with Gasteiger partial charge in [-0.1, -0.05) is 6.92 Å². The molecule has 1 aliphatic heterocycles. The molecule has 1 atom stereocenters. The maximum absolute atomic E-state index is 13.5. The number of hydrogen-bond donors (Lipinski definition) is 1. The van der Waals surface area contributed by atoms with Gasteiger partial charge in [0.15, 0.2) is 11.6 Å². The SMILES string of the molecule is CCOc1cc2c(cc1F)NCC(C)C2. The van der Waals surface area contributed by atoms with Gasteiger partial charge in [-0.05, 0) is 30.9 Å². The van der Waals surface area contributed by atoms with E-state index in [9.17, 15) is 4.39 Å². The van der Waals surface area contributed by atoms with E-state index in [0.29, 0.717) is 18.3 Å². The van der Waals surface area contributed by atoms with Crippen molar-refractivity contribution in [2.45, 2.75) is 20.3 Å². The molecule has 2 rings (SSSR count). The largest absolute Gasteiger partial charge is 0.491 e. The van der Waals surface area contributed by atoms with Crippen LogP contribution in [0.4, 0.5) is 10.1 Å². The summed E-state index contributed by atoms with van der Waals surface area (Å²) in [6, 6.07) is 3.35. The molecular formula is C12H16FNO. The van der Waals surface area contributed by atoms with E-state index in [-0.39, 0.29) is 5.82 Å². The topological polar surface area (TPSA) is 21.3 Å². The minimum Gasteiger partial charge on any atom is -0.491 e. The normalized spacial score (nSPS) is 19.3. The predicted octanol–water partition coefficient (Wildman–Crippen LogP) is 2.83. The Bertz CT molecular complexity index is 365. The molecule has 1 heterocycles. The number of benzene rings is 1. The molecule has 0 aromatic heterocycles. The van der Waals surface area contributed by atoms with Crippen LogP contribution in [-0.4, -0.2) is 13.2 Å². The zero-order chi connectivity index (χ0) is 10.8. The Morgan fingerprint density at radius 1 is 1.53 bits per heavy atom. The van der Waals surface area contributed by atoms with Gasteiger partial charge in [-0.2, -0.15) is 0 Å². The van der Waals surface area contributed by atoms with Crippen molar-refractivity contribution in [1.82, 2.24) is 0 Å². The smallest absolute Gasteiger partial charge is 0.167 e. The first kappa shape index (κ1) is 10.3. The Labute approximate surface area is 89.4 Å². The molecule has 1 aromatic rings. The van der Waals surface area contributed by atoms with Crippen molar-refractivity contribution in [1.29, 1.82) is 0 Å². The predicted molar refractivity (Wildman–Crippen MR) is 58.9 cm³/mol. The summed E-state index contributed by atoms with van der Waals surface area (Å²) < 4.78 is 18.7. The first-order chi connectivity index (χ1) is 7.20. The molecule has 3 heteroatoms. The van der Waals surface area contributed by atoms with E-state index in [0.717, 1.165) is 24.2 Å².